The quantitative estimate of drug-likeness (QED) is 0.461. The molecule has 0 fully saturated rings. The molecule has 3 nitrogen and oxygen atoms in total. The van der Waals surface area contributed by atoms with Gasteiger partial charge >= 0.3 is 0 Å². The number of rotatable bonds is 2. The van der Waals surface area contributed by atoms with Gasteiger partial charge in [0.05, 0.1) is 6.26 Å². The third kappa shape index (κ3) is 5.89. The van der Waals surface area contributed by atoms with Gasteiger partial charge in [-0.1, -0.05) is 5.92 Å². The summed E-state index contributed by atoms with van der Waals surface area (Å²) in [5.41, 5.74) is -0.914. The molecular formula is C7H12O3S. The maximum atomic E-state index is 10.6. The van der Waals surface area contributed by atoms with E-state index in [9.17, 15) is 8.42 Å². The molecule has 0 aliphatic rings. The molecule has 0 heterocycles. The largest absolute Gasteiger partial charge is 0.265 e. The van der Waals surface area contributed by atoms with Crippen LogP contribution in [-0.2, 0) is 14.3 Å². The van der Waals surface area contributed by atoms with Crippen LogP contribution in [-0.4, -0.2) is 20.3 Å². The van der Waals surface area contributed by atoms with Crippen molar-refractivity contribution in [3.63, 3.8) is 0 Å². The fraction of sp³-hybridized carbons (Fsp3) is 0.714. The van der Waals surface area contributed by atoms with Crippen LogP contribution < -0.4 is 0 Å². The van der Waals surface area contributed by atoms with Crippen LogP contribution in [0, 0.1) is 11.8 Å². The van der Waals surface area contributed by atoms with Crippen LogP contribution in [0.4, 0.5) is 0 Å². The zero-order valence-corrected chi connectivity index (χ0v) is 7.95. The van der Waals surface area contributed by atoms with Crippen molar-refractivity contribution in [1.82, 2.24) is 0 Å². The molecule has 0 spiro atoms. The third-order valence-corrected chi connectivity index (χ3v) is 1.51. The van der Waals surface area contributed by atoms with E-state index < -0.39 is 15.7 Å². The van der Waals surface area contributed by atoms with Crippen molar-refractivity contribution in [2.24, 2.45) is 0 Å². The second-order valence-electron chi connectivity index (χ2n) is 2.67. The first-order valence-electron chi connectivity index (χ1n) is 3.11. The number of hydrogen-bond acceptors (Lipinski definition) is 3. The average molecular weight is 176 g/mol. The Morgan fingerprint density at radius 2 is 1.82 bits per heavy atom. The first-order chi connectivity index (χ1) is 4.77. The molecule has 0 saturated heterocycles. The normalized spacial score (nSPS) is 12.0. The molecule has 0 unspecified atom stereocenters. The Bertz CT molecular complexity index is 277. The Balaban J connectivity index is 4.46. The summed E-state index contributed by atoms with van der Waals surface area (Å²) >= 11 is 0. The molecule has 4 heteroatoms. The SMILES string of the molecule is CC#CC(C)(C)OS(C)(=O)=O. The van der Waals surface area contributed by atoms with Crippen molar-refractivity contribution in [2.45, 2.75) is 26.4 Å². The lowest BCUT2D eigenvalue weighted by atomic mass is 10.1. The molecular weight excluding hydrogens is 164 g/mol. The van der Waals surface area contributed by atoms with Crippen molar-refractivity contribution in [3.05, 3.63) is 0 Å². The van der Waals surface area contributed by atoms with Gasteiger partial charge in [0.25, 0.3) is 10.1 Å². The molecule has 0 atom stereocenters. The Morgan fingerprint density at radius 1 is 1.36 bits per heavy atom. The molecule has 11 heavy (non-hydrogen) atoms. The van der Waals surface area contributed by atoms with Crippen molar-refractivity contribution in [3.8, 4) is 11.8 Å². The molecule has 0 aliphatic carbocycles. The van der Waals surface area contributed by atoms with Crippen molar-refractivity contribution in [2.75, 3.05) is 6.26 Å². The minimum Gasteiger partial charge on any atom is -0.251 e. The molecule has 0 saturated carbocycles. The van der Waals surface area contributed by atoms with Gasteiger partial charge in [-0.2, -0.15) is 8.42 Å². The predicted octanol–water partition coefficient (Wildman–Crippen LogP) is 0.765. The Hall–Kier alpha value is -0.530. The predicted molar refractivity (Wildman–Crippen MR) is 43.5 cm³/mol. The van der Waals surface area contributed by atoms with Gasteiger partial charge in [0.2, 0.25) is 0 Å². The molecule has 0 rings (SSSR count). The Labute approximate surface area is 67.9 Å². The lowest BCUT2D eigenvalue weighted by molar-refractivity contribution is 0.183. The van der Waals surface area contributed by atoms with Gasteiger partial charge in [0.1, 0.15) is 5.60 Å². The smallest absolute Gasteiger partial charge is 0.251 e. The van der Waals surface area contributed by atoms with E-state index in [1.54, 1.807) is 20.8 Å². The summed E-state index contributed by atoms with van der Waals surface area (Å²) in [5.74, 6) is 5.22. The average Bonchev–Trinajstić information content (AvgIpc) is 1.55. The lowest BCUT2D eigenvalue weighted by Gasteiger charge is -2.15. The summed E-state index contributed by atoms with van der Waals surface area (Å²) in [7, 11) is -3.41. The monoisotopic (exact) mass is 176 g/mol. The standard InChI is InChI=1S/C7H12O3S/c1-5-6-7(2,3)10-11(4,8)9/h1-4H3. The summed E-state index contributed by atoms with van der Waals surface area (Å²) in [6, 6.07) is 0. The van der Waals surface area contributed by atoms with Gasteiger partial charge < -0.3 is 0 Å². The molecule has 0 radical (unpaired) electrons. The summed E-state index contributed by atoms with van der Waals surface area (Å²) in [6.07, 6.45) is 1.01. The third-order valence-electron chi connectivity index (χ3n) is 0.786. The topological polar surface area (TPSA) is 43.4 Å². The minimum absolute atomic E-state index is 0.914. The van der Waals surface area contributed by atoms with Gasteiger partial charge in [-0.25, -0.2) is 0 Å². The highest BCUT2D eigenvalue weighted by molar-refractivity contribution is 7.86. The van der Waals surface area contributed by atoms with Gasteiger partial charge in [0, 0.05) is 0 Å². The van der Waals surface area contributed by atoms with Crippen LogP contribution in [0.25, 0.3) is 0 Å². The second kappa shape index (κ2) is 3.24. The van der Waals surface area contributed by atoms with Crippen molar-refractivity contribution < 1.29 is 12.6 Å². The molecule has 0 aromatic heterocycles. The van der Waals surface area contributed by atoms with Crippen molar-refractivity contribution >= 4 is 10.1 Å². The van der Waals surface area contributed by atoms with E-state index in [1.807, 2.05) is 0 Å². The zero-order valence-electron chi connectivity index (χ0n) is 7.13. The molecule has 0 N–H and O–H groups in total. The highest BCUT2D eigenvalue weighted by atomic mass is 32.2. The van der Waals surface area contributed by atoms with Gasteiger partial charge in [0.15, 0.2) is 0 Å². The van der Waals surface area contributed by atoms with Gasteiger partial charge in [-0.15, -0.1) is 5.92 Å². The summed E-state index contributed by atoms with van der Waals surface area (Å²) in [5, 5.41) is 0. The van der Waals surface area contributed by atoms with Crippen LogP contribution in [0.3, 0.4) is 0 Å². The Kier molecular flexibility index (Phi) is 3.09. The molecule has 0 aromatic carbocycles. The molecule has 0 bridgehead atoms. The van der Waals surface area contributed by atoms with Gasteiger partial charge in [-0.05, 0) is 20.8 Å². The summed E-state index contributed by atoms with van der Waals surface area (Å²) in [6.45, 7) is 4.84. The van der Waals surface area contributed by atoms with E-state index >= 15 is 0 Å². The van der Waals surface area contributed by atoms with E-state index in [1.165, 1.54) is 0 Å². The second-order valence-corrected chi connectivity index (χ2v) is 4.25. The molecule has 0 aliphatic heterocycles. The first-order valence-corrected chi connectivity index (χ1v) is 4.93. The fourth-order valence-corrected chi connectivity index (χ4v) is 1.50. The van der Waals surface area contributed by atoms with E-state index in [-0.39, 0.29) is 0 Å². The summed E-state index contributed by atoms with van der Waals surface area (Å²) in [4.78, 5) is 0. The fourth-order valence-electron chi connectivity index (χ4n) is 0.700. The highest BCUT2D eigenvalue weighted by Crippen LogP contribution is 2.10. The first kappa shape index (κ1) is 10.5. The zero-order chi connectivity index (χ0) is 9.12. The van der Waals surface area contributed by atoms with Gasteiger partial charge in [-0.3, -0.25) is 4.18 Å². The van der Waals surface area contributed by atoms with E-state index in [0.717, 1.165) is 6.26 Å². The van der Waals surface area contributed by atoms with Crippen LogP contribution in [0.15, 0.2) is 0 Å². The van der Waals surface area contributed by atoms with Crippen LogP contribution >= 0.6 is 0 Å². The molecule has 64 valence electrons. The maximum Gasteiger partial charge on any atom is 0.265 e. The van der Waals surface area contributed by atoms with Crippen LogP contribution in [0.5, 0.6) is 0 Å². The minimum atomic E-state index is -3.41. The molecule has 0 amide bonds. The van der Waals surface area contributed by atoms with Crippen LogP contribution in [0.2, 0.25) is 0 Å². The maximum absolute atomic E-state index is 10.6. The number of hydrogen-bond donors (Lipinski definition) is 0. The summed E-state index contributed by atoms with van der Waals surface area (Å²) < 4.78 is 25.9. The van der Waals surface area contributed by atoms with E-state index in [0.29, 0.717) is 0 Å². The van der Waals surface area contributed by atoms with E-state index in [4.69, 9.17) is 0 Å². The van der Waals surface area contributed by atoms with Crippen molar-refractivity contribution in [1.29, 1.82) is 0 Å². The highest BCUT2D eigenvalue weighted by Gasteiger charge is 2.20. The Morgan fingerprint density at radius 3 is 2.09 bits per heavy atom. The lowest BCUT2D eigenvalue weighted by Crippen LogP contribution is -2.25. The van der Waals surface area contributed by atoms with Crippen LogP contribution in [0.1, 0.15) is 20.8 Å². The molecule has 0 aromatic rings. The van der Waals surface area contributed by atoms with E-state index in [2.05, 4.69) is 16.0 Å².